The third-order valence-electron chi connectivity index (χ3n) is 7.08. The van der Waals surface area contributed by atoms with Gasteiger partial charge in [-0.3, -0.25) is 7.91 Å². The zero-order valence-corrected chi connectivity index (χ0v) is 26.3. The molecule has 1 N–H and O–H groups in total. The van der Waals surface area contributed by atoms with Gasteiger partial charge in [0.1, 0.15) is 28.4 Å². The van der Waals surface area contributed by atoms with Crippen LogP contribution < -0.4 is 13.2 Å². The average molecular weight is 707 g/mol. The summed E-state index contributed by atoms with van der Waals surface area (Å²) in [6.07, 6.45) is -0.138. The van der Waals surface area contributed by atoms with E-state index >= 15 is 0 Å². The zero-order chi connectivity index (χ0) is 31.1. The van der Waals surface area contributed by atoms with Gasteiger partial charge < -0.3 is 18.9 Å². The number of rotatable bonds is 8. The molecule has 0 bridgehead atoms. The molecule has 0 aliphatic rings. The van der Waals surface area contributed by atoms with Gasteiger partial charge in [-0.05, 0) is 74.0 Å². The van der Waals surface area contributed by atoms with Crippen molar-refractivity contribution in [2.75, 3.05) is 17.2 Å². The second-order valence-electron chi connectivity index (χ2n) is 10.3. The van der Waals surface area contributed by atoms with Crippen LogP contribution >= 0.6 is 20.1 Å². The van der Waals surface area contributed by atoms with Crippen LogP contribution in [0, 0.1) is 5.82 Å². The Morgan fingerprint density at radius 3 is 2.34 bits per heavy atom. The van der Waals surface area contributed by atoms with E-state index in [1.165, 1.54) is 41.5 Å². The molecule has 9 nitrogen and oxygen atoms in total. The quantitative estimate of drug-likeness (QED) is 0.124. The van der Waals surface area contributed by atoms with Gasteiger partial charge in [0, 0.05) is 36.7 Å². The van der Waals surface area contributed by atoms with Crippen LogP contribution in [0.5, 0.6) is 5.75 Å². The van der Waals surface area contributed by atoms with Crippen molar-refractivity contribution in [1.29, 1.82) is 0 Å². The fourth-order valence-corrected chi connectivity index (χ4v) is 5.88. The van der Waals surface area contributed by atoms with Gasteiger partial charge in [-0.2, -0.15) is 0 Å². The lowest BCUT2D eigenvalue weighted by molar-refractivity contribution is 0.0964. The number of carbonyl (C=O) groups is 1. The molecule has 0 fully saturated rings. The van der Waals surface area contributed by atoms with Gasteiger partial charge in [0.15, 0.2) is 5.58 Å². The number of benzene rings is 4. The number of anilines is 1. The molecule has 0 spiro atoms. The van der Waals surface area contributed by atoms with Gasteiger partial charge in [-0.15, -0.1) is 0 Å². The highest BCUT2D eigenvalue weighted by molar-refractivity contribution is 14.2. The Morgan fingerprint density at radius 2 is 1.66 bits per heavy atom. The minimum atomic E-state index is -4.02. The van der Waals surface area contributed by atoms with E-state index in [1.807, 2.05) is 50.2 Å². The number of ether oxygens (including phenoxy) is 1. The van der Waals surface area contributed by atoms with Gasteiger partial charge in [-0.25, -0.2) is 15.5 Å². The summed E-state index contributed by atoms with van der Waals surface area (Å²) in [5.74, 6) is 0.274. The molecule has 0 aliphatic carbocycles. The van der Waals surface area contributed by atoms with Crippen molar-refractivity contribution in [2.45, 2.75) is 20.0 Å². The highest BCUT2D eigenvalue weighted by Gasteiger charge is 2.26. The second-order valence-corrected chi connectivity index (χ2v) is 12.9. The molecule has 2 heterocycles. The standard InChI is InChI=1S/C33H27FIN3O6/c1-18(2)42-27-14-11-20(15-24(27)33-37-25-7-5-6-8-28(25)44-33)22-16-23-29(17-26(22)38(4)35(40)41)43-31(30(23)32(39)36-3)19-9-12-21(34)13-10-19/h5-18H,1-4H3,(H,36,39). The fraction of sp³-hybridized carbons (Fsp3) is 0.152. The molecule has 224 valence electrons. The third-order valence-corrected chi connectivity index (χ3v) is 8.78. The highest BCUT2D eigenvalue weighted by Crippen LogP contribution is 2.44. The second kappa shape index (κ2) is 11.7. The maximum Gasteiger partial charge on any atom is 0.420 e. The normalized spacial score (nSPS) is 11.5. The molecule has 0 saturated heterocycles. The minimum Gasteiger partial charge on any atom is -0.490 e. The molecule has 6 rings (SSSR count). The summed E-state index contributed by atoms with van der Waals surface area (Å²) in [5.41, 5.74) is 4.41. The molecule has 44 heavy (non-hydrogen) atoms. The molecule has 11 heteroatoms. The van der Waals surface area contributed by atoms with Crippen LogP contribution in [0.3, 0.4) is 0 Å². The number of para-hydroxylation sites is 2. The van der Waals surface area contributed by atoms with Crippen LogP contribution in [0.4, 0.5) is 10.1 Å². The molecule has 2 aromatic heterocycles. The number of aromatic nitrogens is 1. The molecular formula is C33H27FIN3O6. The van der Waals surface area contributed by atoms with Crippen LogP contribution in [0.25, 0.3) is 56.0 Å². The third kappa shape index (κ3) is 5.39. The number of carbonyl (C=O) groups excluding carboxylic acids is 1. The maximum atomic E-state index is 13.7. The number of nitrogens with zero attached hydrogens (tertiary/aromatic N) is 2. The van der Waals surface area contributed by atoms with Crippen molar-refractivity contribution in [3.8, 4) is 39.7 Å². The lowest BCUT2D eigenvalue weighted by Crippen LogP contribution is -2.18. The van der Waals surface area contributed by atoms with E-state index in [9.17, 15) is 15.3 Å². The summed E-state index contributed by atoms with van der Waals surface area (Å²) in [7, 11) is 2.97. The molecule has 0 radical (unpaired) electrons. The van der Waals surface area contributed by atoms with Crippen LogP contribution in [0.1, 0.15) is 24.2 Å². The Labute approximate surface area is 259 Å². The summed E-state index contributed by atoms with van der Waals surface area (Å²) in [4.78, 5) is 17.9. The lowest BCUT2D eigenvalue weighted by atomic mass is 9.97. The fourth-order valence-electron chi connectivity index (χ4n) is 5.06. The van der Waals surface area contributed by atoms with Gasteiger partial charge in [-0.1, -0.05) is 18.2 Å². The number of fused-ring (bicyclic) bond motifs is 2. The first kappa shape index (κ1) is 29.3. The molecule has 0 unspecified atom stereocenters. The van der Waals surface area contributed by atoms with E-state index in [1.54, 1.807) is 18.2 Å². The lowest BCUT2D eigenvalue weighted by Gasteiger charge is -2.18. The molecule has 0 saturated carbocycles. The smallest absolute Gasteiger partial charge is 0.420 e. The SMILES string of the molecule is CNC(=O)c1c(-c2ccc(F)cc2)oc2cc(N(C)I(=O)=O)c(-c3ccc(OC(C)C)c(-c4nc5ccccc5o4)c3)cc12. The largest absolute Gasteiger partial charge is 0.490 e. The molecule has 0 atom stereocenters. The van der Waals surface area contributed by atoms with E-state index in [4.69, 9.17) is 13.6 Å². The molecule has 0 aliphatic heterocycles. The van der Waals surface area contributed by atoms with Gasteiger partial charge in [0.25, 0.3) is 5.91 Å². The van der Waals surface area contributed by atoms with E-state index in [0.29, 0.717) is 61.7 Å². The van der Waals surface area contributed by atoms with Crippen molar-refractivity contribution < 1.29 is 28.9 Å². The summed E-state index contributed by atoms with van der Waals surface area (Å²) in [6.45, 7) is 3.83. The molecule has 1 amide bonds. The average Bonchev–Trinajstić information content (AvgIpc) is 3.61. The summed E-state index contributed by atoms with van der Waals surface area (Å²) < 4.78 is 58.0. The van der Waals surface area contributed by atoms with Crippen molar-refractivity contribution in [1.82, 2.24) is 10.3 Å². The Bertz CT molecular complexity index is 2070. The summed E-state index contributed by atoms with van der Waals surface area (Å²) >= 11 is -4.02. The Kier molecular flexibility index (Phi) is 7.80. The minimum absolute atomic E-state index is 0.138. The van der Waals surface area contributed by atoms with E-state index in [0.717, 1.165) is 0 Å². The van der Waals surface area contributed by atoms with Gasteiger partial charge in [0.2, 0.25) is 5.89 Å². The maximum absolute atomic E-state index is 13.7. The van der Waals surface area contributed by atoms with Crippen LogP contribution in [0.2, 0.25) is 0 Å². The van der Waals surface area contributed by atoms with E-state index in [-0.39, 0.29) is 17.4 Å². The number of hydrogen-bond donors (Lipinski definition) is 1. The number of nitrogens with one attached hydrogen (secondary N) is 1. The molecule has 4 aromatic carbocycles. The van der Waals surface area contributed by atoms with Gasteiger partial charge >= 0.3 is 20.1 Å². The monoisotopic (exact) mass is 707 g/mol. The first-order valence-electron chi connectivity index (χ1n) is 13.7. The number of amides is 1. The number of hydrogen-bond acceptors (Lipinski definition) is 7. The number of furan rings is 1. The Balaban J connectivity index is 1.62. The number of oxazole rings is 1. The predicted molar refractivity (Wildman–Crippen MR) is 173 cm³/mol. The van der Waals surface area contributed by atoms with Crippen LogP contribution in [-0.4, -0.2) is 31.1 Å². The molecule has 6 aromatic rings. The highest BCUT2D eigenvalue weighted by atomic mass is 127. The van der Waals surface area contributed by atoms with Crippen LogP contribution in [-0.2, 0) is 6.14 Å². The first-order chi connectivity index (χ1) is 21.1. The van der Waals surface area contributed by atoms with Crippen molar-refractivity contribution in [3.05, 3.63) is 90.2 Å². The summed E-state index contributed by atoms with van der Waals surface area (Å²) in [6, 6.07) is 21.8. The zero-order valence-electron chi connectivity index (χ0n) is 24.2. The van der Waals surface area contributed by atoms with Crippen molar-refractivity contribution in [2.24, 2.45) is 0 Å². The van der Waals surface area contributed by atoms with E-state index < -0.39 is 31.8 Å². The Hall–Kier alpha value is -4.78. The van der Waals surface area contributed by atoms with Gasteiger partial charge in [0.05, 0.1) is 22.9 Å². The predicted octanol–water partition coefficient (Wildman–Crippen LogP) is 8.41. The van der Waals surface area contributed by atoms with Crippen LogP contribution in [0.15, 0.2) is 87.7 Å². The van der Waals surface area contributed by atoms with Crippen molar-refractivity contribution >= 4 is 53.7 Å². The Morgan fingerprint density at radius 1 is 0.932 bits per heavy atom. The molecular weight excluding hydrogens is 680 g/mol. The number of halogens is 2. The topological polar surface area (TPSA) is 115 Å². The summed E-state index contributed by atoms with van der Waals surface area (Å²) in [5, 5.41) is 3.11. The first-order valence-corrected chi connectivity index (χ1v) is 16.4. The van der Waals surface area contributed by atoms with Crippen molar-refractivity contribution in [3.63, 3.8) is 0 Å². The van der Waals surface area contributed by atoms with E-state index in [2.05, 4.69) is 10.3 Å².